The number of benzene rings is 2. The summed E-state index contributed by atoms with van der Waals surface area (Å²) < 4.78 is 0. The molecule has 0 spiro atoms. The number of carbonyl (C=O) groups is 1. The van der Waals surface area contributed by atoms with Crippen molar-refractivity contribution in [2.24, 2.45) is 5.10 Å². The van der Waals surface area contributed by atoms with Gasteiger partial charge in [0.25, 0.3) is 5.91 Å². The molecule has 1 amide bonds. The monoisotopic (exact) mass is 357 g/mol. The molecule has 0 saturated carbocycles. The van der Waals surface area contributed by atoms with Crippen LogP contribution in [0.2, 0.25) is 0 Å². The Labute approximate surface area is 159 Å². The van der Waals surface area contributed by atoms with Gasteiger partial charge in [-0.1, -0.05) is 62.4 Å². The molecule has 0 bridgehead atoms. The van der Waals surface area contributed by atoms with E-state index < -0.39 is 0 Å². The summed E-state index contributed by atoms with van der Waals surface area (Å²) in [5.74, 6) is 0.217. The van der Waals surface area contributed by atoms with Gasteiger partial charge in [-0.05, 0) is 36.6 Å². The van der Waals surface area contributed by atoms with Crippen molar-refractivity contribution in [3.63, 3.8) is 0 Å². The second-order valence-corrected chi connectivity index (χ2v) is 6.59. The van der Waals surface area contributed by atoms with Crippen molar-refractivity contribution in [2.45, 2.75) is 26.7 Å². The molecule has 1 heterocycles. The predicted molar refractivity (Wildman–Crippen MR) is 112 cm³/mol. The Balaban J connectivity index is 2.03. The van der Waals surface area contributed by atoms with Crippen LogP contribution in [0.4, 0.5) is 0 Å². The second-order valence-electron chi connectivity index (χ2n) is 6.59. The van der Waals surface area contributed by atoms with Crippen LogP contribution < -0.4 is 5.43 Å². The smallest absolute Gasteiger partial charge is 0.267 e. The van der Waals surface area contributed by atoms with Crippen molar-refractivity contribution in [2.75, 3.05) is 0 Å². The van der Waals surface area contributed by atoms with E-state index >= 15 is 0 Å². The standard InChI is InChI=1S/C23H23N3O/c1-4-5-14-24-26-23(27)20-15-22(25-21-9-7-6-8-19(20)21)18-12-10-17(11-13-18)16(2)3/h4-16H,1-3H3,(H,26,27)/b5-4+,24-14-. The number of hydrazone groups is 1. The largest absolute Gasteiger partial charge is 0.272 e. The summed E-state index contributed by atoms with van der Waals surface area (Å²) in [4.78, 5) is 17.4. The number of fused-ring (bicyclic) bond motifs is 1. The van der Waals surface area contributed by atoms with E-state index in [1.54, 1.807) is 12.3 Å². The van der Waals surface area contributed by atoms with Crippen LogP contribution in [0, 0.1) is 0 Å². The van der Waals surface area contributed by atoms with Crippen LogP contribution in [0.1, 0.15) is 42.6 Å². The van der Waals surface area contributed by atoms with Crippen LogP contribution in [-0.2, 0) is 0 Å². The fraction of sp³-hybridized carbons (Fsp3) is 0.174. The zero-order valence-electron chi connectivity index (χ0n) is 15.8. The van der Waals surface area contributed by atoms with Crippen molar-refractivity contribution in [3.05, 3.63) is 77.9 Å². The molecule has 0 radical (unpaired) electrons. The van der Waals surface area contributed by atoms with E-state index in [4.69, 9.17) is 4.98 Å². The topological polar surface area (TPSA) is 54.4 Å². The van der Waals surface area contributed by atoms with Crippen LogP contribution in [0.15, 0.2) is 71.9 Å². The summed E-state index contributed by atoms with van der Waals surface area (Å²) >= 11 is 0. The highest BCUT2D eigenvalue weighted by atomic mass is 16.2. The average Bonchev–Trinajstić information content (AvgIpc) is 2.70. The Bertz CT molecular complexity index is 1000. The summed E-state index contributed by atoms with van der Waals surface area (Å²) in [6.07, 6.45) is 5.15. The molecule has 3 rings (SSSR count). The summed E-state index contributed by atoms with van der Waals surface area (Å²) in [7, 11) is 0. The molecule has 0 atom stereocenters. The van der Waals surface area contributed by atoms with Gasteiger partial charge in [0, 0.05) is 17.2 Å². The summed E-state index contributed by atoms with van der Waals surface area (Å²) in [6, 6.07) is 17.8. The molecule has 0 unspecified atom stereocenters. The molecule has 0 saturated heterocycles. The molecule has 4 heteroatoms. The quantitative estimate of drug-likeness (QED) is 0.496. The van der Waals surface area contributed by atoms with E-state index in [0.717, 1.165) is 22.2 Å². The van der Waals surface area contributed by atoms with Crippen LogP contribution >= 0.6 is 0 Å². The Morgan fingerprint density at radius 1 is 1.11 bits per heavy atom. The maximum Gasteiger partial charge on any atom is 0.272 e. The first kappa shape index (κ1) is 18.5. The van der Waals surface area contributed by atoms with Gasteiger partial charge in [-0.25, -0.2) is 10.4 Å². The number of hydrogen-bond acceptors (Lipinski definition) is 3. The maximum atomic E-state index is 12.7. The third kappa shape index (κ3) is 4.29. The Morgan fingerprint density at radius 3 is 2.56 bits per heavy atom. The molecule has 136 valence electrons. The second kappa shape index (κ2) is 8.41. The first-order chi connectivity index (χ1) is 13.1. The van der Waals surface area contributed by atoms with Gasteiger partial charge in [0.15, 0.2) is 0 Å². The summed E-state index contributed by atoms with van der Waals surface area (Å²) in [5.41, 5.74) is 6.95. The van der Waals surface area contributed by atoms with Crippen molar-refractivity contribution in [1.82, 2.24) is 10.4 Å². The van der Waals surface area contributed by atoms with Gasteiger partial charge in [-0.3, -0.25) is 4.79 Å². The number of hydrogen-bond donors (Lipinski definition) is 1. The fourth-order valence-corrected chi connectivity index (χ4v) is 2.84. The Hall–Kier alpha value is -3.27. The fourth-order valence-electron chi connectivity index (χ4n) is 2.84. The van der Waals surface area contributed by atoms with Gasteiger partial charge >= 0.3 is 0 Å². The van der Waals surface area contributed by atoms with Gasteiger partial charge < -0.3 is 0 Å². The van der Waals surface area contributed by atoms with Gasteiger partial charge in [-0.15, -0.1) is 0 Å². The van der Waals surface area contributed by atoms with Crippen LogP contribution in [0.25, 0.3) is 22.2 Å². The SMILES string of the molecule is C/C=C/C=N\NC(=O)c1cc(-c2ccc(C(C)C)cc2)nc2ccccc12. The number of para-hydroxylation sites is 1. The summed E-state index contributed by atoms with van der Waals surface area (Å²) in [6.45, 7) is 6.22. The number of aromatic nitrogens is 1. The zero-order valence-corrected chi connectivity index (χ0v) is 15.8. The molecular formula is C23H23N3O. The minimum absolute atomic E-state index is 0.255. The molecular weight excluding hydrogens is 334 g/mol. The normalized spacial score (nSPS) is 11.7. The van der Waals surface area contributed by atoms with Crippen LogP contribution in [0.5, 0.6) is 0 Å². The lowest BCUT2D eigenvalue weighted by Gasteiger charge is -2.10. The molecule has 0 fully saturated rings. The van der Waals surface area contributed by atoms with Gasteiger partial charge in [0.05, 0.1) is 16.8 Å². The highest BCUT2D eigenvalue weighted by Crippen LogP contribution is 2.26. The first-order valence-corrected chi connectivity index (χ1v) is 9.05. The number of rotatable bonds is 5. The Kier molecular flexibility index (Phi) is 5.77. The zero-order chi connectivity index (χ0) is 19.2. The van der Waals surface area contributed by atoms with Gasteiger partial charge in [0.2, 0.25) is 0 Å². The lowest BCUT2D eigenvalue weighted by molar-refractivity contribution is 0.0957. The molecule has 0 aliphatic rings. The molecule has 0 aliphatic carbocycles. The van der Waals surface area contributed by atoms with Crippen molar-refractivity contribution in [1.29, 1.82) is 0 Å². The number of allylic oxidation sites excluding steroid dienone is 2. The number of nitrogens with one attached hydrogen (secondary N) is 1. The number of amides is 1. The molecule has 1 aromatic heterocycles. The van der Waals surface area contributed by atoms with Crippen LogP contribution in [0.3, 0.4) is 0 Å². The van der Waals surface area contributed by atoms with Gasteiger partial charge in [0.1, 0.15) is 0 Å². The van der Waals surface area contributed by atoms with Crippen molar-refractivity contribution < 1.29 is 4.79 Å². The van der Waals surface area contributed by atoms with E-state index in [0.29, 0.717) is 11.5 Å². The molecule has 0 aliphatic heterocycles. The lowest BCUT2D eigenvalue weighted by atomic mass is 9.99. The third-order valence-electron chi connectivity index (χ3n) is 4.35. The minimum atomic E-state index is -0.255. The summed E-state index contributed by atoms with van der Waals surface area (Å²) in [5, 5.41) is 4.75. The highest BCUT2D eigenvalue weighted by molar-refractivity contribution is 6.07. The van der Waals surface area contributed by atoms with E-state index in [1.807, 2.05) is 43.3 Å². The molecule has 2 aromatic carbocycles. The van der Waals surface area contributed by atoms with Crippen molar-refractivity contribution >= 4 is 23.0 Å². The predicted octanol–water partition coefficient (Wildman–Crippen LogP) is 5.32. The van der Waals surface area contributed by atoms with Crippen molar-refractivity contribution in [3.8, 4) is 11.3 Å². The molecule has 3 aromatic rings. The molecule has 4 nitrogen and oxygen atoms in total. The number of pyridine rings is 1. The van der Waals surface area contributed by atoms with Crippen LogP contribution in [-0.4, -0.2) is 17.1 Å². The van der Waals surface area contributed by atoms with E-state index in [9.17, 15) is 4.79 Å². The Morgan fingerprint density at radius 2 is 1.85 bits per heavy atom. The van der Waals surface area contributed by atoms with E-state index in [-0.39, 0.29) is 5.91 Å². The first-order valence-electron chi connectivity index (χ1n) is 9.05. The lowest BCUT2D eigenvalue weighted by Crippen LogP contribution is -2.18. The minimum Gasteiger partial charge on any atom is -0.267 e. The van der Waals surface area contributed by atoms with Gasteiger partial charge in [-0.2, -0.15) is 5.10 Å². The van der Waals surface area contributed by atoms with E-state index in [2.05, 4.69) is 48.6 Å². The average molecular weight is 357 g/mol. The third-order valence-corrected chi connectivity index (χ3v) is 4.35. The molecule has 1 N–H and O–H groups in total. The molecule has 27 heavy (non-hydrogen) atoms. The maximum absolute atomic E-state index is 12.7. The van der Waals surface area contributed by atoms with E-state index in [1.165, 1.54) is 5.56 Å². The number of nitrogens with zero attached hydrogens (tertiary/aromatic N) is 2. The highest BCUT2D eigenvalue weighted by Gasteiger charge is 2.13. The number of carbonyl (C=O) groups excluding carboxylic acids is 1.